The Morgan fingerprint density at radius 3 is 1.83 bits per heavy atom. The van der Waals surface area contributed by atoms with Gasteiger partial charge in [-0.2, -0.15) is 0 Å². The second-order valence-corrected chi connectivity index (χ2v) is 12.1. The van der Waals surface area contributed by atoms with Gasteiger partial charge < -0.3 is 4.90 Å². The number of anilines is 3. The van der Waals surface area contributed by atoms with Gasteiger partial charge in [-0.05, 0) is 98.1 Å². The second kappa shape index (κ2) is 12.9. The SMILES string of the molecule is C/C=C\C=C/c1ccc(N(c2ccc(-c3ccc4ccc5ccccc5c4c3)cc2)c2cccc(-c3ccccc3)c2)c2ccccc12. The molecule has 0 atom stereocenters. The van der Waals surface area contributed by atoms with Gasteiger partial charge in [0.05, 0.1) is 5.69 Å². The molecule has 1 heteroatoms. The minimum absolute atomic E-state index is 1.11. The number of allylic oxidation sites excluding steroid dienone is 3. The van der Waals surface area contributed by atoms with Gasteiger partial charge in [0.1, 0.15) is 0 Å². The van der Waals surface area contributed by atoms with Gasteiger partial charge in [0.25, 0.3) is 0 Å². The molecule has 48 heavy (non-hydrogen) atoms. The average Bonchev–Trinajstić information content (AvgIpc) is 3.16. The summed E-state index contributed by atoms with van der Waals surface area (Å²) in [5, 5.41) is 7.52. The molecule has 1 nitrogen and oxygen atoms in total. The van der Waals surface area contributed by atoms with E-state index < -0.39 is 0 Å². The lowest BCUT2D eigenvalue weighted by Gasteiger charge is -2.28. The molecule has 8 rings (SSSR count). The molecular weight excluding hydrogens is 579 g/mol. The number of hydrogen-bond acceptors (Lipinski definition) is 1. The molecule has 0 saturated carbocycles. The van der Waals surface area contributed by atoms with Crippen molar-refractivity contribution in [2.75, 3.05) is 4.90 Å². The fourth-order valence-corrected chi connectivity index (χ4v) is 6.78. The second-order valence-electron chi connectivity index (χ2n) is 12.1. The van der Waals surface area contributed by atoms with Gasteiger partial charge in [0.15, 0.2) is 0 Å². The van der Waals surface area contributed by atoms with E-state index in [2.05, 4.69) is 199 Å². The summed E-state index contributed by atoms with van der Waals surface area (Å²) < 4.78 is 0. The Labute approximate surface area is 282 Å². The Balaban J connectivity index is 1.27. The molecule has 228 valence electrons. The predicted molar refractivity (Wildman–Crippen MR) is 208 cm³/mol. The Hall–Kier alpha value is -6.18. The zero-order chi connectivity index (χ0) is 32.3. The van der Waals surface area contributed by atoms with E-state index in [-0.39, 0.29) is 0 Å². The summed E-state index contributed by atoms with van der Waals surface area (Å²) in [6.45, 7) is 2.04. The summed E-state index contributed by atoms with van der Waals surface area (Å²) in [4.78, 5) is 2.39. The third-order valence-electron chi connectivity index (χ3n) is 9.17. The maximum atomic E-state index is 2.39. The van der Waals surface area contributed by atoms with Crippen LogP contribution in [-0.4, -0.2) is 0 Å². The molecule has 0 aliphatic carbocycles. The summed E-state index contributed by atoms with van der Waals surface area (Å²) in [6, 6.07) is 61.6. The van der Waals surface area contributed by atoms with Crippen molar-refractivity contribution in [3.63, 3.8) is 0 Å². The normalized spacial score (nSPS) is 11.7. The number of fused-ring (bicyclic) bond motifs is 4. The molecule has 0 saturated heterocycles. The highest BCUT2D eigenvalue weighted by Crippen LogP contribution is 2.42. The van der Waals surface area contributed by atoms with Crippen LogP contribution in [0.15, 0.2) is 188 Å². The maximum Gasteiger partial charge on any atom is 0.0540 e. The van der Waals surface area contributed by atoms with E-state index in [0.29, 0.717) is 0 Å². The van der Waals surface area contributed by atoms with Crippen LogP contribution in [0.3, 0.4) is 0 Å². The lowest BCUT2D eigenvalue weighted by Crippen LogP contribution is -2.10. The first-order valence-electron chi connectivity index (χ1n) is 16.6. The highest BCUT2D eigenvalue weighted by Gasteiger charge is 2.17. The number of hydrogen-bond donors (Lipinski definition) is 0. The predicted octanol–water partition coefficient (Wildman–Crippen LogP) is 13.5. The van der Waals surface area contributed by atoms with E-state index >= 15 is 0 Å². The van der Waals surface area contributed by atoms with Crippen LogP contribution < -0.4 is 4.90 Å². The molecule has 0 aromatic heterocycles. The van der Waals surface area contributed by atoms with Gasteiger partial charge in [0.2, 0.25) is 0 Å². The largest absolute Gasteiger partial charge is 0.310 e. The fourth-order valence-electron chi connectivity index (χ4n) is 6.78. The third-order valence-corrected chi connectivity index (χ3v) is 9.17. The zero-order valence-electron chi connectivity index (χ0n) is 26.9. The van der Waals surface area contributed by atoms with Gasteiger partial charge in [-0.1, -0.05) is 158 Å². The first-order chi connectivity index (χ1) is 23.8. The van der Waals surface area contributed by atoms with Crippen LogP contribution in [-0.2, 0) is 0 Å². The molecule has 0 aliphatic heterocycles. The minimum atomic E-state index is 1.11. The standard InChI is InChI=1S/C47H35N/c1-2-3-5-15-37-28-31-47(45-21-11-10-19-43(37)45)48(42-18-12-17-39(32-42)34-13-6-4-7-14-34)41-29-26-35(27-30-41)40-25-24-38-23-22-36-16-8-9-20-44(36)46(38)33-40/h2-33H,1H3/b3-2-,15-5-. The van der Waals surface area contributed by atoms with Crippen molar-refractivity contribution in [3.05, 3.63) is 194 Å². The zero-order valence-corrected chi connectivity index (χ0v) is 26.9. The van der Waals surface area contributed by atoms with Crippen LogP contribution in [0, 0.1) is 0 Å². The van der Waals surface area contributed by atoms with Crippen molar-refractivity contribution >= 4 is 55.5 Å². The first-order valence-corrected chi connectivity index (χ1v) is 16.6. The van der Waals surface area contributed by atoms with E-state index in [1.165, 1.54) is 60.1 Å². The Bertz CT molecular complexity index is 2450. The summed E-state index contributed by atoms with van der Waals surface area (Å²) in [7, 11) is 0. The monoisotopic (exact) mass is 613 g/mol. The molecule has 0 unspecified atom stereocenters. The van der Waals surface area contributed by atoms with E-state index in [1.54, 1.807) is 0 Å². The highest BCUT2D eigenvalue weighted by molar-refractivity contribution is 6.09. The van der Waals surface area contributed by atoms with E-state index in [4.69, 9.17) is 0 Å². The van der Waals surface area contributed by atoms with Crippen molar-refractivity contribution in [2.24, 2.45) is 0 Å². The molecule has 8 aromatic rings. The maximum absolute atomic E-state index is 2.39. The van der Waals surface area contributed by atoms with Crippen LogP contribution in [0.5, 0.6) is 0 Å². The van der Waals surface area contributed by atoms with Crippen molar-refractivity contribution in [3.8, 4) is 22.3 Å². The summed E-state index contributed by atoms with van der Waals surface area (Å²) in [5.41, 5.74) is 9.36. The molecular formula is C47H35N. The van der Waals surface area contributed by atoms with Gasteiger partial charge in [-0.15, -0.1) is 0 Å². The van der Waals surface area contributed by atoms with Crippen LogP contribution in [0.4, 0.5) is 17.1 Å². The molecule has 0 N–H and O–H groups in total. The molecule has 0 amide bonds. The lowest BCUT2D eigenvalue weighted by atomic mass is 9.97. The topological polar surface area (TPSA) is 3.24 Å². The minimum Gasteiger partial charge on any atom is -0.310 e. The number of benzene rings is 8. The Morgan fingerprint density at radius 1 is 0.396 bits per heavy atom. The van der Waals surface area contributed by atoms with Crippen molar-refractivity contribution in [1.29, 1.82) is 0 Å². The summed E-state index contributed by atoms with van der Waals surface area (Å²) in [6.07, 6.45) is 8.42. The van der Waals surface area contributed by atoms with Gasteiger partial charge in [-0.3, -0.25) is 0 Å². The summed E-state index contributed by atoms with van der Waals surface area (Å²) >= 11 is 0. The number of rotatable bonds is 7. The molecule has 0 spiro atoms. The highest BCUT2D eigenvalue weighted by atomic mass is 15.1. The van der Waals surface area contributed by atoms with Crippen molar-refractivity contribution < 1.29 is 0 Å². The first kappa shape index (κ1) is 29.2. The summed E-state index contributed by atoms with van der Waals surface area (Å²) in [5.74, 6) is 0. The average molecular weight is 614 g/mol. The smallest absolute Gasteiger partial charge is 0.0540 e. The van der Waals surface area contributed by atoms with Crippen LogP contribution in [0.2, 0.25) is 0 Å². The lowest BCUT2D eigenvalue weighted by molar-refractivity contribution is 1.30. The van der Waals surface area contributed by atoms with Crippen LogP contribution >= 0.6 is 0 Å². The van der Waals surface area contributed by atoms with Gasteiger partial charge >= 0.3 is 0 Å². The Kier molecular flexibility index (Phi) is 7.86. The van der Waals surface area contributed by atoms with Crippen molar-refractivity contribution in [1.82, 2.24) is 0 Å². The molecule has 0 bridgehead atoms. The Morgan fingerprint density at radius 2 is 1.02 bits per heavy atom. The van der Waals surface area contributed by atoms with Gasteiger partial charge in [-0.25, -0.2) is 0 Å². The van der Waals surface area contributed by atoms with E-state index in [0.717, 1.165) is 17.1 Å². The van der Waals surface area contributed by atoms with Crippen LogP contribution in [0.1, 0.15) is 12.5 Å². The molecule has 0 fully saturated rings. The van der Waals surface area contributed by atoms with Crippen LogP contribution in [0.25, 0.3) is 60.6 Å². The fraction of sp³-hybridized carbons (Fsp3) is 0.0213. The number of nitrogens with zero attached hydrogens (tertiary/aromatic N) is 1. The third kappa shape index (κ3) is 5.57. The van der Waals surface area contributed by atoms with Gasteiger partial charge in [0, 0.05) is 16.8 Å². The molecule has 0 heterocycles. The van der Waals surface area contributed by atoms with E-state index in [9.17, 15) is 0 Å². The van der Waals surface area contributed by atoms with E-state index in [1.807, 2.05) is 6.92 Å². The molecule has 0 radical (unpaired) electrons. The molecule has 0 aliphatic rings. The molecule has 8 aromatic carbocycles. The quantitative estimate of drug-likeness (QED) is 0.128. The van der Waals surface area contributed by atoms with Crippen molar-refractivity contribution in [2.45, 2.75) is 6.92 Å².